The first-order chi connectivity index (χ1) is 16.4. The smallest absolute Gasteiger partial charge is 0.134 e. The highest BCUT2D eigenvalue weighted by Crippen LogP contribution is 2.37. The molecule has 2 fully saturated rings. The molecule has 1 aliphatic carbocycles. The molecule has 9 heteroatoms. The lowest BCUT2D eigenvalue weighted by atomic mass is 10.1. The quantitative estimate of drug-likeness (QED) is 0.397. The van der Waals surface area contributed by atoms with Crippen LogP contribution >= 0.6 is 11.6 Å². The Hall–Kier alpha value is -3.10. The molecule has 0 radical (unpaired) electrons. The number of anilines is 1. The fourth-order valence-electron chi connectivity index (χ4n) is 4.51. The van der Waals surface area contributed by atoms with Gasteiger partial charge < -0.3 is 9.64 Å². The summed E-state index contributed by atoms with van der Waals surface area (Å²) in [6.07, 6.45) is 7.88. The number of aromatic nitrogens is 5. The van der Waals surface area contributed by atoms with Gasteiger partial charge in [-0.1, -0.05) is 11.6 Å². The number of nitrogens with zero attached hydrogens (tertiary/aromatic N) is 6. The number of ether oxygens (including phenoxy) is 1. The number of hydrogen-bond acceptors (Lipinski definition) is 6. The lowest BCUT2D eigenvalue weighted by Gasteiger charge is -2.37. The Morgan fingerprint density at radius 3 is 2.76 bits per heavy atom. The highest BCUT2D eigenvalue weighted by molar-refractivity contribution is 6.30. The topological polar surface area (TPSA) is 69.0 Å². The Balaban J connectivity index is 1.41. The Morgan fingerprint density at radius 2 is 1.97 bits per heavy atom. The second-order valence-electron chi connectivity index (χ2n) is 9.16. The maximum atomic E-state index is 14.9. The maximum Gasteiger partial charge on any atom is 0.134 e. The number of halogens is 2. The van der Waals surface area contributed by atoms with Crippen LogP contribution in [0.1, 0.15) is 43.2 Å². The predicted molar refractivity (Wildman–Crippen MR) is 128 cm³/mol. The van der Waals surface area contributed by atoms with Crippen molar-refractivity contribution in [2.24, 2.45) is 0 Å². The predicted octanol–water partition coefficient (Wildman–Crippen LogP) is 5.29. The van der Waals surface area contributed by atoms with E-state index in [1.807, 2.05) is 23.9 Å². The minimum atomic E-state index is -0.443. The number of hydrogen-bond donors (Lipinski definition) is 0. The highest BCUT2D eigenvalue weighted by atomic mass is 35.5. The van der Waals surface area contributed by atoms with E-state index in [-0.39, 0.29) is 12.2 Å². The van der Waals surface area contributed by atoms with Gasteiger partial charge in [0.25, 0.3) is 0 Å². The van der Waals surface area contributed by atoms with Crippen LogP contribution in [0.2, 0.25) is 5.02 Å². The third-order valence-corrected chi connectivity index (χ3v) is 6.56. The van der Waals surface area contributed by atoms with Gasteiger partial charge in [-0.25, -0.2) is 14.4 Å². The number of morpholine rings is 1. The number of aryl methyl sites for hydroxylation is 1. The van der Waals surface area contributed by atoms with E-state index in [0.717, 1.165) is 11.3 Å². The zero-order chi connectivity index (χ0) is 23.4. The molecular formula is C25H24ClFN6O. The van der Waals surface area contributed by atoms with Crippen LogP contribution in [0.3, 0.4) is 0 Å². The fraction of sp³-hybridized carbons (Fsp3) is 0.360. The van der Waals surface area contributed by atoms with E-state index in [1.54, 1.807) is 18.3 Å². The standard InChI is InChI=1S/C25H24ClFN6O/c1-14-9-28-25-21(30-14)8-23(31-24(25)19-6-3-17(26)7-20(19)27)32-11-15(2)34-22(13-32)16-10-29-33(12-16)18-4-5-18/h3,6-10,12,15,18,22H,4-5,11,13H2,1-2H3. The Kier molecular flexibility index (Phi) is 5.22. The summed E-state index contributed by atoms with van der Waals surface area (Å²) < 4.78 is 23.2. The molecule has 174 valence electrons. The fourth-order valence-corrected chi connectivity index (χ4v) is 4.67. The van der Waals surface area contributed by atoms with Crippen LogP contribution in [0.25, 0.3) is 22.3 Å². The van der Waals surface area contributed by atoms with Crippen LogP contribution in [0.15, 0.2) is 42.9 Å². The molecule has 1 saturated carbocycles. The van der Waals surface area contributed by atoms with Crippen molar-refractivity contribution in [3.8, 4) is 11.3 Å². The second-order valence-corrected chi connectivity index (χ2v) is 9.59. The molecule has 4 heterocycles. The zero-order valence-corrected chi connectivity index (χ0v) is 19.7. The van der Waals surface area contributed by atoms with Crippen molar-refractivity contribution in [2.45, 2.75) is 44.9 Å². The van der Waals surface area contributed by atoms with Crippen LogP contribution in [0.5, 0.6) is 0 Å². The first-order valence-corrected chi connectivity index (χ1v) is 11.9. The molecule has 1 aromatic carbocycles. The van der Waals surface area contributed by atoms with Crippen molar-refractivity contribution in [3.63, 3.8) is 0 Å². The third-order valence-electron chi connectivity index (χ3n) is 6.32. The first-order valence-electron chi connectivity index (χ1n) is 11.5. The number of pyridine rings is 1. The van der Waals surface area contributed by atoms with Gasteiger partial charge in [-0.3, -0.25) is 9.67 Å². The second kappa shape index (κ2) is 8.29. The van der Waals surface area contributed by atoms with Gasteiger partial charge in [0.05, 0.1) is 36.1 Å². The molecule has 0 N–H and O–H groups in total. The molecule has 3 aromatic heterocycles. The Morgan fingerprint density at radius 1 is 1.12 bits per heavy atom. The van der Waals surface area contributed by atoms with Crippen molar-refractivity contribution in [2.75, 3.05) is 18.0 Å². The summed E-state index contributed by atoms with van der Waals surface area (Å²) in [5, 5.41) is 4.86. The Labute approximate surface area is 201 Å². The van der Waals surface area contributed by atoms with Crippen molar-refractivity contribution >= 4 is 28.5 Å². The van der Waals surface area contributed by atoms with Crippen LogP contribution in [0, 0.1) is 12.7 Å². The highest BCUT2D eigenvalue weighted by Gasteiger charge is 2.31. The number of rotatable bonds is 4. The van der Waals surface area contributed by atoms with Crippen molar-refractivity contribution in [1.29, 1.82) is 0 Å². The van der Waals surface area contributed by atoms with Gasteiger partial charge in [0.1, 0.15) is 28.9 Å². The third kappa shape index (κ3) is 4.01. The number of benzene rings is 1. The van der Waals surface area contributed by atoms with Crippen LogP contribution in [-0.2, 0) is 4.74 Å². The van der Waals surface area contributed by atoms with Gasteiger partial charge in [-0.15, -0.1) is 0 Å². The molecule has 7 nitrogen and oxygen atoms in total. The van der Waals surface area contributed by atoms with Gasteiger partial charge in [-0.05, 0) is 44.9 Å². The minimum absolute atomic E-state index is 0.0140. The molecule has 6 rings (SSSR count). The summed E-state index contributed by atoms with van der Waals surface area (Å²) in [6.45, 7) is 5.21. The minimum Gasteiger partial charge on any atom is -0.367 e. The van der Waals surface area contributed by atoms with Gasteiger partial charge in [0, 0.05) is 41.2 Å². The van der Waals surface area contributed by atoms with Gasteiger partial charge in [-0.2, -0.15) is 5.10 Å². The first kappa shape index (κ1) is 21.4. The van der Waals surface area contributed by atoms with E-state index in [9.17, 15) is 4.39 Å². The van der Waals surface area contributed by atoms with Crippen molar-refractivity contribution in [1.82, 2.24) is 24.7 Å². The number of fused-ring (bicyclic) bond motifs is 1. The zero-order valence-electron chi connectivity index (χ0n) is 18.9. The van der Waals surface area contributed by atoms with Crippen LogP contribution in [-0.4, -0.2) is 43.9 Å². The molecule has 34 heavy (non-hydrogen) atoms. The molecule has 2 aliphatic rings. The summed E-state index contributed by atoms with van der Waals surface area (Å²) in [5.41, 5.74) is 3.87. The van der Waals surface area contributed by atoms with Gasteiger partial charge >= 0.3 is 0 Å². The monoisotopic (exact) mass is 478 g/mol. The van der Waals surface area contributed by atoms with E-state index in [1.165, 1.54) is 18.9 Å². The van der Waals surface area contributed by atoms with Crippen molar-refractivity contribution < 1.29 is 9.13 Å². The van der Waals surface area contributed by atoms with E-state index in [0.29, 0.717) is 52.3 Å². The van der Waals surface area contributed by atoms with Crippen molar-refractivity contribution in [3.05, 3.63) is 65.0 Å². The molecule has 2 atom stereocenters. The largest absolute Gasteiger partial charge is 0.367 e. The Bertz CT molecular complexity index is 1390. The maximum absolute atomic E-state index is 14.9. The van der Waals surface area contributed by atoms with E-state index in [4.69, 9.17) is 21.3 Å². The SMILES string of the molecule is Cc1cnc2c(-c3ccc(Cl)cc3F)nc(N3CC(C)OC(c4cnn(C5CC5)c4)C3)cc2n1. The molecule has 1 saturated heterocycles. The lowest BCUT2D eigenvalue weighted by molar-refractivity contribution is -0.0176. The van der Waals surface area contributed by atoms with Gasteiger partial charge in [0.15, 0.2) is 0 Å². The molecule has 0 spiro atoms. The van der Waals surface area contributed by atoms with Crippen LogP contribution < -0.4 is 4.90 Å². The summed E-state index contributed by atoms with van der Waals surface area (Å²) in [4.78, 5) is 16.3. The molecule has 2 unspecified atom stereocenters. The molecular weight excluding hydrogens is 455 g/mol. The van der Waals surface area contributed by atoms with Crippen LogP contribution in [0.4, 0.5) is 10.2 Å². The average Bonchev–Trinajstić information content (AvgIpc) is 3.54. The summed E-state index contributed by atoms with van der Waals surface area (Å²) in [7, 11) is 0. The molecule has 4 aromatic rings. The molecule has 0 amide bonds. The summed E-state index contributed by atoms with van der Waals surface area (Å²) >= 11 is 5.99. The summed E-state index contributed by atoms with van der Waals surface area (Å²) in [5.74, 6) is 0.271. The molecule has 1 aliphatic heterocycles. The molecule has 0 bridgehead atoms. The van der Waals surface area contributed by atoms with Gasteiger partial charge in [0.2, 0.25) is 0 Å². The van der Waals surface area contributed by atoms with E-state index < -0.39 is 5.82 Å². The van der Waals surface area contributed by atoms with E-state index >= 15 is 0 Å². The average molecular weight is 479 g/mol. The summed E-state index contributed by atoms with van der Waals surface area (Å²) in [6, 6.07) is 7.04. The lowest BCUT2D eigenvalue weighted by Crippen LogP contribution is -2.43. The van der Waals surface area contributed by atoms with E-state index in [2.05, 4.69) is 33.1 Å². The normalized spacial score (nSPS) is 20.8.